The van der Waals surface area contributed by atoms with Gasteiger partial charge in [0.2, 0.25) is 0 Å². The number of aliphatic carboxylic acids is 1. The van der Waals surface area contributed by atoms with Crippen LogP contribution in [0.1, 0.15) is 38.7 Å². The van der Waals surface area contributed by atoms with Crippen molar-refractivity contribution < 1.29 is 24.2 Å². The van der Waals surface area contributed by atoms with Crippen molar-refractivity contribution in [2.24, 2.45) is 17.5 Å². The highest BCUT2D eigenvalue weighted by atomic mass is 16.6. The molecule has 1 amide bonds. The highest BCUT2D eigenvalue weighted by Crippen LogP contribution is 2.35. The number of carbonyl (C=O) groups is 2. The topological polar surface area (TPSA) is 131 Å². The second-order valence-electron chi connectivity index (χ2n) is 9.57. The highest BCUT2D eigenvalue weighted by molar-refractivity contribution is 5.73. The van der Waals surface area contributed by atoms with E-state index in [0.29, 0.717) is 30.1 Å². The number of nitrogens with two attached hydrogens (primary N) is 2. The van der Waals surface area contributed by atoms with Gasteiger partial charge in [-0.1, -0.05) is 30.3 Å². The van der Waals surface area contributed by atoms with Gasteiger partial charge < -0.3 is 25.2 Å². The number of likely N-dealkylation sites (tertiary alicyclic amines) is 1. The molecule has 0 aliphatic carbocycles. The van der Waals surface area contributed by atoms with Crippen LogP contribution in [0.15, 0.2) is 66.5 Å². The number of carbonyl (C=O) groups excluding carboxylic acids is 1. The number of amides is 1. The zero-order chi connectivity index (χ0) is 25.6. The van der Waals surface area contributed by atoms with Crippen molar-refractivity contribution in [2.75, 3.05) is 24.7 Å². The number of hydrazine groups is 1. The summed E-state index contributed by atoms with van der Waals surface area (Å²) in [5.74, 6) is 4.98. The van der Waals surface area contributed by atoms with E-state index in [0.717, 1.165) is 5.56 Å². The third-order valence-electron chi connectivity index (χ3n) is 5.63. The SMILES string of the molecule is CC(C)(C)OC(=O)N1CCC(C(=O)O)C(c2cccc(N(N)/C=C(\N)COc3ccccc3)c2)C1. The second kappa shape index (κ2) is 11.1. The molecular formula is C26H34N4O5. The maximum Gasteiger partial charge on any atom is 0.410 e. The summed E-state index contributed by atoms with van der Waals surface area (Å²) >= 11 is 0. The number of nitrogens with zero attached hydrogens (tertiary/aromatic N) is 2. The number of hydrogen-bond donors (Lipinski definition) is 3. The van der Waals surface area contributed by atoms with E-state index in [1.54, 1.807) is 44.0 Å². The predicted octanol–water partition coefficient (Wildman–Crippen LogP) is 3.67. The van der Waals surface area contributed by atoms with Gasteiger partial charge in [0.05, 0.1) is 17.3 Å². The number of rotatable bonds is 7. The Labute approximate surface area is 205 Å². The van der Waals surface area contributed by atoms with Gasteiger partial charge in [-0.05, 0) is 57.0 Å². The van der Waals surface area contributed by atoms with Crippen molar-refractivity contribution in [3.63, 3.8) is 0 Å². The van der Waals surface area contributed by atoms with E-state index in [-0.39, 0.29) is 13.2 Å². The molecule has 1 heterocycles. The number of anilines is 1. The van der Waals surface area contributed by atoms with Crippen LogP contribution in [-0.4, -0.2) is 47.4 Å². The molecule has 2 aromatic rings. The monoisotopic (exact) mass is 482 g/mol. The molecule has 9 heteroatoms. The normalized spacial score (nSPS) is 18.6. The fourth-order valence-electron chi connectivity index (χ4n) is 3.97. The van der Waals surface area contributed by atoms with Crippen molar-refractivity contribution in [2.45, 2.75) is 38.7 Å². The third-order valence-corrected chi connectivity index (χ3v) is 5.63. The van der Waals surface area contributed by atoms with Crippen LogP contribution in [0.3, 0.4) is 0 Å². The first kappa shape index (κ1) is 25.9. The molecule has 2 aromatic carbocycles. The van der Waals surface area contributed by atoms with E-state index < -0.39 is 29.5 Å². The zero-order valence-electron chi connectivity index (χ0n) is 20.4. The number of benzene rings is 2. The Morgan fingerprint density at radius 1 is 1.17 bits per heavy atom. The number of carboxylic acids is 1. The molecule has 9 nitrogen and oxygen atoms in total. The molecule has 0 spiro atoms. The zero-order valence-corrected chi connectivity index (χ0v) is 20.4. The molecule has 0 aromatic heterocycles. The average molecular weight is 483 g/mol. The largest absolute Gasteiger partial charge is 0.487 e. The van der Waals surface area contributed by atoms with Crippen molar-refractivity contribution in [3.8, 4) is 5.75 Å². The first-order valence-corrected chi connectivity index (χ1v) is 11.5. The number of piperidine rings is 1. The minimum Gasteiger partial charge on any atom is -0.487 e. The summed E-state index contributed by atoms with van der Waals surface area (Å²) in [7, 11) is 0. The molecule has 35 heavy (non-hydrogen) atoms. The first-order chi connectivity index (χ1) is 16.5. The van der Waals surface area contributed by atoms with E-state index >= 15 is 0 Å². The minimum atomic E-state index is -0.893. The van der Waals surface area contributed by atoms with Crippen LogP contribution in [0.25, 0.3) is 0 Å². The second-order valence-corrected chi connectivity index (χ2v) is 9.57. The molecule has 1 aliphatic rings. The summed E-state index contributed by atoms with van der Waals surface area (Å²) in [5.41, 5.74) is 7.26. The molecule has 0 saturated carbocycles. The summed E-state index contributed by atoms with van der Waals surface area (Å²) in [6.45, 7) is 6.13. The van der Waals surface area contributed by atoms with Crippen LogP contribution in [0.5, 0.6) is 5.75 Å². The van der Waals surface area contributed by atoms with Gasteiger partial charge in [-0.15, -0.1) is 0 Å². The van der Waals surface area contributed by atoms with Gasteiger partial charge >= 0.3 is 12.1 Å². The summed E-state index contributed by atoms with van der Waals surface area (Å²) in [4.78, 5) is 26.2. The molecule has 0 bridgehead atoms. The Morgan fingerprint density at radius 3 is 2.54 bits per heavy atom. The van der Waals surface area contributed by atoms with Crippen molar-refractivity contribution in [1.82, 2.24) is 4.90 Å². The molecule has 1 fully saturated rings. The fourth-order valence-corrected chi connectivity index (χ4v) is 3.97. The quantitative estimate of drug-likeness (QED) is 0.402. The van der Waals surface area contributed by atoms with Crippen LogP contribution in [0.4, 0.5) is 10.5 Å². The number of carboxylic acid groups (broad SMARTS) is 1. The molecule has 188 valence electrons. The van der Waals surface area contributed by atoms with Crippen molar-refractivity contribution in [1.29, 1.82) is 0 Å². The van der Waals surface area contributed by atoms with E-state index in [4.69, 9.17) is 21.1 Å². The fraction of sp³-hybridized carbons (Fsp3) is 0.385. The molecular weight excluding hydrogens is 448 g/mol. The summed E-state index contributed by atoms with van der Waals surface area (Å²) < 4.78 is 11.1. The molecule has 1 aliphatic heterocycles. The van der Waals surface area contributed by atoms with Crippen molar-refractivity contribution in [3.05, 3.63) is 72.1 Å². The lowest BCUT2D eigenvalue weighted by Crippen LogP contribution is -2.46. The van der Waals surface area contributed by atoms with E-state index in [2.05, 4.69) is 0 Å². The smallest absolute Gasteiger partial charge is 0.410 e. The Morgan fingerprint density at radius 2 is 1.89 bits per heavy atom. The standard InChI is InChI=1S/C26H34N4O5/c1-26(2,3)35-25(33)29-13-12-22(24(31)32)23(16-29)18-8-7-9-20(14-18)30(28)15-19(27)17-34-21-10-5-4-6-11-21/h4-11,14-15,22-23H,12-13,16-17,27-28H2,1-3H3,(H,31,32)/b19-15-. The van der Waals surface area contributed by atoms with E-state index in [9.17, 15) is 14.7 Å². The maximum atomic E-state index is 12.6. The van der Waals surface area contributed by atoms with Crippen LogP contribution >= 0.6 is 0 Å². The van der Waals surface area contributed by atoms with Gasteiger partial charge in [-0.2, -0.15) is 0 Å². The Bertz CT molecular complexity index is 1050. The van der Waals surface area contributed by atoms with Gasteiger partial charge in [0.1, 0.15) is 18.0 Å². The Balaban J connectivity index is 1.75. The molecule has 0 radical (unpaired) electrons. The molecule has 3 rings (SSSR count). The lowest BCUT2D eigenvalue weighted by atomic mass is 9.80. The van der Waals surface area contributed by atoms with Gasteiger partial charge in [-0.25, -0.2) is 10.6 Å². The summed E-state index contributed by atoms with van der Waals surface area (Å²) in [6, 6.07) is 16.6. The summed E-state index contributed by atoms with van der Waals surface area (Å²) in [5, 5.41) is 11.2. The predicted molar refractivity (Wildman–Crippen MR) is 134 cm³/mol. The Hall–Kier alpha value is -3.72. The average Bonchev–Trinajstić information content (AvgIpc) is 2.82. The van der Waals surface area contributed by atoms with Crippen LogP contribution < -0.4 is 21.3 Å². The molecule has 2 unspecified atom stereocenters. The van der Waals surface area contributed by atoms with Crippen molar-refractivity contribution >= 4 is 17.7 Å². The lowest BCUT2D eigenvalue weighted by molar-refractivity contribution is -0.144. The van der Waals surface area contributed by atoms with Crippen LogP contribution in [0, 0.1) is 5.92 Å². The number of ether oxygens (including phenoxy) is 2. The van der Waals surface area contributed by atoms with E-state index in [1.165, 1.54) is 5.01 Å². The molecule has 2 atom stereocenters. The maximum absolute atomic E-state index is 12.6. The third kappa shape index (κ3) is 7.38. The van der Waals surface area contributed by atoms with Gasteiger partial charge in [0.25, 0.3) is 0 Å². The number of hydrogen-bond acceptors (Lipinski definition) is 7. The van der Waals surface area contributed by atoms with E-state index in [1.807, 2.05) is 42.5 Å². The molecule has 1 saturated heterocycles. The van der Waals surface area contributed by atoms with Gasteiger partial charge in [0, 0.05) is 25.2 Å². The number of para-hydroxylation sites is 1. The first-order valence-electron chi connectivity index (χ1n) is 11.5. The van der Waals surface area contributed by atoms with Gasteiger partial charge in [0.15, 0.2) is 0 Å². The Kier molecular flexibility index (Phi) is 8.24. The summed E-state index contributed by atoms with van der Waals surface area (Å²) in [6.07, 6.45) is 1.45. The van der Waals surface area contributed by atoms with Crippen LogP contribution in [0.2, 0.25) is 0 Å². The van der Waals surface area contributed by atoms with Crippen LogP contribution in [-0.2, 0) is 9.53 Å². The lowest BCUT2D eigenvalue weighted by Gasteiger charge is -2.37. The molecule has 5 N–H and O–H groups in total. The highest BCUT2D eigenvalue weighted by Gasteiger charge is 2.38. The van der Waals surface area contributed by atoms with Gasteiger partial charge in [-0.3, -0.25) is 9.80 Å². The minimum absolute atomic E-state index is 0.159.